The summed E-state index contributed by atoms with van der Waals surface area (Å²) in [5.41, 5.74) is 13.9. The summed E-state index contributed by atoms with van der Waals surface area (Å²) in [5.74, 6) is 0. The van der Waals surface area contributed by atoms with Crippen molar-refractivity contribution in [1.29, 1.82) is 0 Å². The number of halogens is 1. The molecule has 1 unspecified atom stereocenters. The minimum Gasteiger partial charge on any atom is -0.0725 e. The molecule has 2 aromatic rings. The van der Waals surface area contributed by atoms with Crippen LogP contribution in [0.1, 0.15) is 92.2 Å². The van der Waals surface area contributed by atoms with Gasteiger partial charge in [0, 0.05) is 0 Å². The zero-order valence-corrected chi connectivity index (χ0v) is 20.6. The maximum atomic E-state index is 2.62. The van der Waals surface area contributed by atoms with E-state index in [4.69, 9.17) is 0 Å². The summed E-state index contributed by atoms with van der Waals surface area (Å²) < 4.78 is 0.519. The summed E-state index contributed by atoms with van der Waals surface area (Å²) in [4.78, 5) is 0. The molecule has 0 spiro atoms. The second-order valence-electron chi connectivity index (χ2n) is 10.8. The van der Waals surface area contributed by atoms with Crippen molar-refractivity contribution in [2.45, 2.75) is 82.5 Å². The molecule has 1 heteroatoms. The van der Waals surface area contributed by atoms with Gasteiger partial charge in [-0.05, 0) is 81.5 Å². The second-order valence-corrected chi connectivity index (χ2v) is 12.0. The molecule has 4 rings (SSSR count). The summed E-state index contributed by atoms with van der Waals surface area (Å²) in [5, 5.41) is 0. The van der Waals surface area contributed by atoms with Crippen LogP contribution >= 0.6 is 22.6 Å². The van der Waals surface area contributed by atoms with Crippen molar-refractivity contribution in [3.8, 4) is 11.1 Å². The topological polar surface area (TPSA) is 0 Å². The third-order valence-corrected chi connectivity index (χ3v) is 8.12. The first-order chi connectivity index (χ1) is 13.0. The van der Waals surface area contributed by atoms with Gasteiger partial charge in [0.1, 0.15) is 0 Å². The highest BCUT2D eigenvalue weighted by atomic mass is 127. The molecule has 2 aliphatic carbocycles. The molecule has 0 saturated heterocycles. The molecule has 0 fully saturated rings. The van der Waals surface area contributed by atoms with Crippen LogP contribution in [0.5, 0.6) is 0 Å². The number of rotatable bonds is 1. The lowest BCUT2D eigenvalue weighted by molar-refractivity contribution is 0.569. The van der Waals surface area contributed by atoms with Crippen LogP contribution < -0.4 is 0 Å². The van der Waals surface area contributed by atoms with Crippen LogP contribution in [-0.2, 0) is 23.7 Å². The van der Waals surface area contributed by atoms with Gasteiger partial charge in [-0.2, -0.15) is 0 Å². The molecule has 0 amide bonds. The van der Waals surface area contributed by atoms with E-state index < -0.39 is 0 Å². The Labute approximate surface area is 185 Å². The first-order valence-electron chi connectivity index (χ1n) is 10.6. The highest BCUT2D eigenvalue weighted by Crippen LogP contribution is 2.49. The molecule has 0 bridgehead atoms. The van der Waals surface area contributed by atoms with E-state index in [1.165, 1.54) is 58.2 Å². The van der Waals surface area contributed by atoms with E-state index in [0.717, 1.165) is 0 Å². The summed E-state index contributed by atoms with van der Waals surface area (Å²) in [6.45, 7) is 16.3. The number of aryl methyl sites for hydroxylation is 1. The summed E-state index contributed by atoms with van der Waals surface area (Å²) >= 11 is 2.62. The van der Waals surface area contributed by atoms with E-state index >= 15 is 0 Å². The third-order valence-electron chi connectivity index (χ3n) is 6.47. The van der Waals surface area contributed by atoms with Gasteiger partial charge in [-0.25, -0.2) is 0 Å². The van der Waals surface area contributed by atoms with Crippen molar-refractivity contribution in [1.82, 2.24) is 0 Å². The van der Waals surface area contributed by atoms with E-state index in [2.05, 4.69) is 101 Å². The molecule has 2 aliphatic rings. The van der Waals surface area contributed by atoms with Crippen molar-refractivity contribution >= 4 is 28.7 Å². The molecule has 0 aliphatic heterocycles. The first kappa shape index (κ1) is 20.2. The van der Waals surface area contributed by atoms with Crippen molar-refractivity contribution < 1.29 is 0 Å². The normalized spacial score (nSPS) is 18.9. The number of hydrogen-bond donors (Lipinski definition) is 0. The van der Waals surface area contributed by atoms with Gasteiger partial charge in [-0.3, -0.25) is 0 Å². The van der Waals surface area contributed by atoms with Crippen LogP contribution in [0.25, 0.3) is 17.2 Å². The smallest absolute Gasteiger partial charge is 0.0575 e. The van der Waals surface area contributed by atoms with Crippen molar-refractivity contribution in [2.75, 3.05) is 0 Å². The average molecular weight is 484 g/mol. The van der Waals surface area contributed by atoms with Gasteiger partial charge in [0.2, 0.25) is 0 Å². The molecule has 0 aromatic heterocycles. The molecular formula is C27H33I. The van der Waals surface area contributed by atoms with Crippen LogP contribution in [0.2, 0.25) is 0 Å². The van der Waals surface area contributed by atoms with Crippen molar-refractivity contribution in [3.05, 3.63) is 63.2 Å². The lowest BCUT2D eigenvalue weighted by Crippen LogP contribution is -2.16. The molecule has 0 saturated carbocycles. The quantitative estimate of drug-likeness (QED) is 0.282. The number of benzene rings is 2. The molecule has 0 radical (unpaired) electrons. The maximum Gasteiger partial charge on any atom is 0.0575 e. The van der Waals surface area contributed by atoms with Crippen LogP contribution in [0.15, 0.2) is 29.8 Å². The molecule has 1 atom stereocenters. The zero-order chi connectivity index (χ0) is 20.4. The highest BCUT2D eigenvalue weighted by molar-refractivity contribution is 14.1. The fourth-order valence-corrected chi connectivity index (χ4v) is 5.36. The Morgan fingerprint density at radius 2 is 1.46 bits per heavy atom. The maximum absolute atomic E-state index is 2.62. The Morgan fingerprint density at radius 1 is 0.857 bits per heavy atom. The standard InChI is InChI=1S/C27H33I/c1-16-11-22-23(25(16)28)14-17-9-8-10-21(17)24(22)18-12-19(26(2,3)4)15-20(13-18)27(5,6)7/h11-15,25H,8-10H2,1-7H3. The minimum atomic E-state index is 0.148. The monoisotopic (exact) mass is 484 g/mol. The van der Waals surface area contributed by atoms with E-state index in [0.29, 0.717) is 3.92 Å². The van der Waals surface area contributed by atoms with Gasteiger partial charge in [-0.15, -0.1) is 0 Å². The summed E-state index contributed by atoms with van der Waals surface area (Å²) in [7, 11) is 0. The van der Waals surface area contributed by atoms with Gasteiger partial charge < -0.3 is 0 Å². The lowest BCUT2D eigenvalue weighted by atomic mass is 9.77. The van der Waals surface area contributed by atoms with E-state index in [1.54, 1.807) is 11.1 Å². The fraction of sp³-hybridized carbons (Fsp3) is 0.481. The Morgan fingerprint density at radius 3 is 2.04 bits per heavy atom. The predicted molar refractivity (Wildman–Crippen MR) is 132 cm³/mol. The summed E-state index contributed by atoms with van der Waals surface area (Å²) in [6.07, 6.45) is 6.22. The molecule has 148 valence electrons. The van der Waals surface area contributed by atoms with Gasteiger partial charge in [0.05, 0.1) is 3.92 Å². The minimum absolute atomic E-state index is 0.148. The first-order valence-corrected chi connectivity index (χ1v) is 11.9. The van der Waals surface area contributed by atoms with E-state index in [-0.39, 0.29) is 10.8 Å². The van der Waals surface area contributed by atoms with Crippen LogP contribution in [-0.4, -0.2) is 0 Å². The van der Waals surface area contributed by atoms with Crippen LogP contribution in [0, 0.1) is 0 Å². The fourth-order valence-electron chi connectivity index (χ4n) is 4.66. The lowest BCUT2D eigenvalue weighted by Gasteiger charge is -2.27. The number of alkyl halides is 1. The molecule has 0 N–H and O–H groups in total. The Bertz CT molecular complexity index is 945. The van der Waals surface area contributed by atoms with Gasteiger partial charge in [0.25, 0.3) is 0 Å². The Kier molecular flexibility index (Phi) is 4.85. The molecule has 0 nitrogen and oxygen atoms in total. The number of allylic oxidation sites excluding steroid dienone is 1. The van der Waals surface area contributed by atoms with Crippen LogP contribution in [0.3, 0.4) is 0 Å². The van der Waals surface area contributed by atoms with Crippen LogP contribution in [0.4, 0.5) is 0 Å². The van der Waals surface area contributed by atoms with Gasteiger partial charge >= 0.3 is 0 Å². The molecule has 0 heterocycles. The average Bonchev–Trinajstić information content (AvgIpc) is 3.16. The Hall–Kier alpha value is -1.09. The van der Waals surface area contributed by atoms with Crippen molar-refractivity contribution in [3.63, 3.8) is 0 Å². The predicted octanol–water partition coefficient (Wildman–Crippen LogP) is 8.33. The van der Waals surface area contributed by atoms with E-state index in [1.807, 2.05) is 0 Å². The largest absolute Gasteiger partial charge is 0.0725 e. The third kappa shape index (κ3) is 3.38. The molecule has 2 aromatic carbocycles. The number of hydrogen-bond acceptors (Lipinski definition) is 0. The zero-order valence-electron chi connectivity index (χ0n) is 18.5. The SMILES string of the molecule is CC1=Cc2c(cc3c(c2-c2cc(C(C)(C)C)cc(C(C)(C)C)c2)CCC3)C1I. The van der Waals surface area contributed by atoms with Gasteiger partial charge in [-0.1, -0.05) is 100 Å². The Balaban J connectivity index is 2.04. The van der Waals surface area contributed by atoms with Crippen molar-refractivity contribution in [2.24, 2.45) is 0 Å². The van der Waals surface area contributed by atoms with E-state index in [9.17, 15) is 0 Å². The number of fused-ring (bicyclic) bond motifs is 2. The highest BCUT2D eigenvalue weighted by Gasteiger charge is 2.29. The second kappa shape index (κ2) is 6.72. The van der Waals surface area contributed by atoms with Gasteiger partial charge in [0.15, 0.2) is 0 Å². The summed E-state index contributed by atoms with van der Waals surface area (Å²) in [6, 6.07) is 9.92. The molecular weight excluding hydrogens is 451 g/mol. The molecule has 28 heavy (non-hydrogen) atoms.